The van der Waals surface area contributed by atoms with Crippen LogP contribution in [-0.2, 0) is 31.1 Å². The van der Waals surface area contributed by atoms with Crippen molar-refractivity contribution >= 4 is 23.3 Å². The van der Waals surface area contributed by atoms with Gasteiger partial charge in [-0.2, -0.15) is 28.5 Å². The molecule has 5 rings (SSSR count). The van der Waals surface area contributed by atoms with E-state index >= 15 is 0 Å². The molecule has 0 saturated carbocycles. The minimum absolute atomic E-state index is 0.0215. The Morgan fingerprint density at radius 1 is 1.14 bits per heavy atom. The fourth-order valence-corrected chi connectivity index (χ4v) is 4.43. The lowest BCUT2D eigenvalue weighted by atomic mass is 10.1. The number of hydrogen-bond acceptors (Lipinski definition) is 5. The Balaban J connectivity index is 1.42. The Kier molecular flexibility index (Phi) is 5.86. The lowest BCUT2D eigenvalue weighted by Gasteiger charge is -2.27. The molecule has 4 aromatic rings. The number of hydrogen-bond donors (Lipinski definition) is 0. The van der Waals surface area contributed by atoms with Gasteiger partial charge in [0.15, 0.2) is 5.82 Å². The standard InChI is InChI=1S/C23H22ClF3N8O/c1-13(2)35-20(16(24)11-28-35)17-10-18-33(19(36)8-9-34(18)30-17)12-14-4-6-15(7-5-14)21-29-22(23(25,26)27)32(3)31-21/h4-7,10-11,13H,8-9,12H2,1-3H3. The number of halogens is 4. The third-order valence-corrected chi connectivity index (χ3v) is 6.20. The highest BCUT2D eigenvalue weighted by Crippen LogP contribution is 2.34. The molecular formula is C23H22ClF3N8O. The lowest BCUT2D eigenvalue weighted by Crippen LogP contribution is -2.36. The first-order valence-electron chi connectivity index (χ1n) is 11.2. The van der Waals surface area contributed by atoms with Crippen LogP contribution >= 0.6 is 11.6 Å². The van der Waals surface area contributed by atoms with Crippen LogP contribution < -0.4 is 4.90 Å². The van der Waals surface area contributed by atoms with Gasteiger partial charge < -0.3 is 0 Å². The number of alkyl halides is 3. The fourth-order valence-electron chi connectivity index (χ4n) is 4.21. The van der Waals surface area contributed by atoms with Gasteiger partial charge in [0.05, 0.1) is 24.3 Å². The van der Waals surface area contributed by atoms with E-state index in [1.807, 2.05) is 19.9 Å². The summed E-state index contributed by atoms with van der Waals surface area (Å²) in [5, 5.41) is 13.4. The Hall–Kier alpha value is -3.67. The van der Waals surface area contributed by atoms with E-state index in [1.165, 1.54) is 7.05 Å². The summed E-state index contributed by atoms with van der Waals surface area (Å²) in [6, 6.07) is 8.67. The molecule has 0 N–H and O–H groups in total. The highest BCUT2D eigenvalue weighted by Gasteiger charge is 2.37. The number of aromatic nitrogens is 7. The van der Waals surface area contributed by atoms with Crippen LogP contribution in [0.15, 0.2) is 36.5 Å². The topological polar surface area (TPSA) is 86.7 Å². The molecule has 0 atom stereocenters. The van der Waals surface area contributed by atoms with Gasteiger partial charge in [0.25, 0.3) is 0 Å². The summed E-state index contributed by atoms with van der Waals surface area (Å²) in [4.78, 5) is 18.1. The Morgan fingerprint density at radius 3 is 2.50 bits per heavy atom. The number of fused-ring (bicyclic) bond motifs is 1. The van der Waals surface area contributed by atoms with Gasteiger partial charge in [-0.15, -0.1) is 0 Å². The molecule has 0 fully saturated rings. The van der Waals surface area contributed by atoms with E-state index < -0.39 is 12.0 Å². The zero-order valence-electron chi connectivity index (χ0n) is 19.7. The Morgan fingerprint density at radius 2 is 1.86 bits per heavy atom. The quantitative estimate of drug-likeness (QED) is 0.381. The smallest absolute Gasteiger partial charge is 0.292 e. The van der Waals surface area contributed by atoms with Crippen LogP contribution in [0.25, 0.3) is 22.8 Å². The van der Waals surface area contributed by atoms with Gasteiger partial charge in [-0.3, -0.25) is 14.4 Å². The van der Waals surface area contributed by atoms with Crippen LogP contribution in [0, 0.1) is 0 Å². The van der Waals surface area contributed by atoms with E-state index in [2.05, 4.69) is 20.3 Å². The lowest BCUT2D eigenvalue weighted by molar-refractivity contribution is -0.147. The molecule has 36 heavy (non-hydrogen) atoms. The highest BCUT2D eigenvalue weighted by molar-refractivity contribution is 6.33. The van der Waals surface area contributed by atoms with Crippen LogP contribution in [0.3, 0.4) is 0 Å². The van der Waals surface area contributed by atoms with Crippen LogP contribution in [0.4, 0.5) is 19.0 Å². The average molecular weight is 519 g/mol. The molecule has 9 nitrogen and oxygen atoms in total. The third-order valence-electron chi connectivity index (χ3n) is 5.93. The first-order chi connectivity index (χ1) is 17.0. The first-order valence-corrected chi connectivity index (χ1v) is 11.6. The van der Waals surface area contributed by atoms with Gasteiger partial charge >= 0.3 is 6.18 Å². The number of nitrogens with zero attached hydrogens (tertiary/aromatic N) is 8. The minimum Gasteiger partial charge on any atom is -0.292 e. The number of rotatable bonds is 5. The molecule has 0 saturated heterocycles. The van der Waals surface area contributed by atoms with Crippen molar-refractivity contribution in [1.29, 1.82) is 0 Å². The molecule has 1 aliphatic heterocycles. The normalized spacial score (nSPS) is 14.1. The van der Waals surface area contributed by atoms with E-state index in [9.17, 15) is 18.0 Å². The maximum Gasteiger partial charge on any atom is 0.451 e. The summed E-state index contributed by atoms with van der Waals surface area (Å²) in [6.07, 6.45) is -2.72. The summed E-state index contributed by atoms with van der Waals surface area (Å²) in [7, 11) is 1.20. The molecule has 1 amide bonds. The number of benzene rings is 1. The molecule has 0 radical (unpaired) electrons. The van der Waals surface area contributed by atoms with E-state index in [0.29, 0.717) is 45.4 Å². The molecule has 4 heterocycles. The average Bonchev–Trinajstić information content (AvgIpc) is 3.52. The molecule has 0 bridgehead atoms. The van der Waals surface area contributed by atoms with Crippen LogP contribution in [0.5, 0.6) is 0 Å². The van der Waals surface area contributed by atoms with Gasteiger partial charge in [0.1, 0.15) is 17.2 Å². The van der Waals surface area contributed by atoms with Crippen molar-refractivity contribution in [3.63, 3.8) is 0 Å². The summed E-state index contributed by atoms with van der Waals surface area (Å²) in [5.74, 6) is -0.503. The number of amides is 1. The van der Waals surface area contributed by atoms with E-state index in [0.717, 1.165) is 5.56 Å². The molecule has 1 aromatic carbocycles. The van der Waals surface area contributed by atoms with Crippen molar-refractivity contribution in [3.8, 4) is 22.8 Å². The predicted molar refractivity (Wildman–Crippen MR) is 126 cm³/mol. The first kappa shape index (κ1) is 24.0. The Bertz CT molecular complexity index is 1430. The molecule has 0 spiro atoms. The number of aryl methyl sites for hydroxylation is 2. The number of anilines is 1. The summed E-state index contributed by atoms with van der Waals surface area (Å²) in [6.45, 7) is 4.70. The second-order valence-electron chi connectivity index (χ2n) is 8.80. The molecular weight excluding hydrogens is 497 g/mol. The number of carbonyl (C=O) groups excluding carboxylic acids is 1. The van der Waals surface area contributed by atoms with Crippen LogP contribution in [-0.4, -0.2) is 40.2 Å². The maximum atomic E-state index is 13.1. The molecule has 0 unspecified atom stereocenters. The van der Waals surface area contributed by atoms with E-state index in [-0.39, 0.29) is 24.3 Å². The SMILES string of the molecule is CC(C)n1ncc(Cl)c1-c1cc2n(n1)CCC(=O)N2Cc1ccc(-c2nc(C(F)(F)F)n(C)n2)cc1. The minimum atomic E-state index is -4.59. The van der Waals surface area contributed by atoms with Crippen LogP contribution in [0.2, 0.25) is 5.02 Å². The summed E-state index contributed by atoms with van der Waals surface area (Å²) in [5.41, 5.74) is 2.55. The van der Waals surface area contributed by atoms with Crippen LogP contribution in [0.1, 0.15) is 37.7 Å². The maximum absolute atomic E-state index is 13.1. The predicted octanol–water partition coefficient (Wildman–Crippen LogP) is 4.73. The molecule has 13 heteroatoms. The monoisotopic (exact) mass is 518 g/mol. The summed E-state index contributed by atoms with van der Waals surface area (Å²) >= 11 is 6.40. The van der Waals surface area contributed by atoms with E-state index in [1.54, 1.807) is 44.7 Å². The number of carbonyl (C=O) groups is 1. The molecule has 1 aliphatic rings. The van der Waals surface area contributed by atoms with Crippen molar-refractivity contribution in [2.75, 3.05) is 4.90 Å². The van der Waals surface area contributed by atoms with Gasteiger partial charge in [0, 0.05) is 31.1 Å². The Labute approximate surface area is 209 Å². The second kappa shape index (κ2) is 8.77. The van der Waals surface area contributed by atoms with Gasteiger partial charge in [-0.05, 0) is 19.4 Å². The van der Waals surface area contributed by atoms with Crippen molar-refractivity contribution in [3.05, 3.63) is 52.9 Å². The van der Waals surface area contributed by atoms with Gasteiger partial charge in [-0.1, -0.05) is 35.9 Å². The van der Waals surface area contributed by atoms with Gasteiger partial charge in [-0.25, -0.2) is 14.3 Å². The molecule has 0 aliphatic carbocycles. The fraction of sp³-hybridized carbons (Fsp3) is 0.348. The zero-order chi connectivity index (χ0) is 25.8. The summed E-state index contributed by atoms with van der Waals surface area (Å²) < 4.78 is 43.4. The van der Waals surface area contributed by atoms with Crippen molar-refractivity contribution in [2.24, 2.45) is 7.05 Å². The zero-order valence-corrected chi connectivity index (χ0v) is 20.4. The second-order valence-corrected chi connectivity index (χ2v) is 9.20. The van der Waals surface area contributed by atoms with Gasteiger partial charge in [0.2, 0.25) is 11.7 Å². The molecule has 3 aromatic heterocycles. The third kappa shape index (κ3) is 4.25. The van der Waals surface area contributed by atoms with Crippen molar-refractivity contribution < 1.29 is 18.0 Å². The van der Waals surface area contributed by atoms with E-state index in [4.69, 9.17) is 11.6 Å². The van der Waals surface area contributed by atoms with Crippen molar-refractivity contribution in [2.45, 2.75) is 45.6 Å². The largest absolute Gasteiger partial charge is 0.451 e. The highest BCUT2D eigenvalue weighted by atomic mass is 35.5. The van der Waals surface area contributed by atoms with Crippen molar-refractivity contribution in [1.82, 2.24) is 34.3 Å². The molecule has 188 valence electrons.